The normalized spacial score (nSPS) is 17.3. The second-order valence-electron chi connectivity index (χ2n) is 6.97. The Morgan fingerprint density at radius 2 is 1.96 bits per heavy atom. The molecule has 4 nitrogen and oxygen atoms in total. The van der Waals surface area contributed by atoms with E-state index in [1.54, 1.807) is 12.1 Å². The van der Waals surface area contributed by atoms with Gasteiger partial charge in [0.15, 0.2) is 5.96 Å². The van der Waals surface area contributed by atoms with Gasteiger partial charge in [-0.3, -0.25) is 4.99 Å². The third-order valence-corrected chi connectivity index (χ3v) is 6.13. The maximum absolute atomic E-state index is 9.34. The summed E-state index contributed by atoms with van der Waals surface area (Å²) in [5.74, 6) is 3.23. The van der Waals surface area contributed by atoms with Crippen molar-refractivity contribution in [2.45, 2.75) is 24.2 Å². The summed E-state index contributed by atoms with van der Waals surface area (Å²) in [6, 6.07) is 18.1. The van der Waals surface area contributed by atoms with E-state index in [-0.39, 0.29) is 0 Å². The first-order chi connectivity index (χ1) is 13.2. The summed E-state index contributed by atoms with van der Waals surface area (Å²) in [5, 5.41) is 12.9. The Bertz CT molecular complexity index is 718. The highest BCUT2D eigenvalue weighted by Gasteiger charge is 2.24. The monoisotopic (exact) mass is 383 g/mol. The topological polar surface area (TPSA) is 47.9 Å². The quantitative estimate of drug-likeness (QED) is 0.328. The lowest BCUT2D eigenvalue weighted by Crippen LogP contribution is -2.40. The maximum atomic E-state index is 9.34. The van der Waals surface area contributed by atoms with Crippen LogP contribution in [-0.4, -0.2) is 48.4 Å². The number of nitrogens with zero attached hydrogens (tertiary/aromatic N) is 2. The fourth-order valence-electron chi connectivity index (χ4n) is 3.38. The lowest BCUT2D eigenvalue weighted by molar-refractivity contribution is 0.473. The minimum Gasteiger partial charge on any atom is -0.508 e. The number of phenolic OH excluding ortho intramolecular Hbond substituents is 1. The Kier molecular flexibility index (Phi) is 7.45. The van der Waals surface area contributed by atoms with Crippen LogP contribution in [0.2, 0.25) is 0 Å². The van der Waals surface area contributed by atoms with Gasteiger partial charge in [-0.1, -0.05) is 30.3 Å². The molecule has 0 aliphatic carbocycles. The number of aliphatic imine (C=N–C) groups is 1. The Balaban J connectivity index is 1.37. The second-order valence-corrected chi connectivity index (χ2v) is 8.06. The molecule has 0 saturated carbocycles. The van der Waals surface area contributed by atoms with Crippen molar-refractivity contribution in [1.29, 1.82) is 0 Å². The predicted molar refractivity (Wildman–Crippen MR) is 115 cm³/mol. The summed E-state index contributed by atoms with van der Waals surface area (Å²) in [5.41, 5.74) is 1.25. The molecule has 2 N–H and O–H groups in total. The van der Waals surface area contributed by atoms with Crippen molar-refractivity contribution in [2.24, 2.45) is 10.9 Å². The number of thioether (sulfide) groups is 1. The Morgan fingerprint density at radius 3 is 2.70 bits per heavy atom. The lowest BCUT2D eigenvalue weighted by atomic mass is 10.1. The van der Waals surface area contributed by atoms with Crippen molar-refractivity contribution in [1.82, 2.24) is 10.2 Å². The molecule has 0 radical (unpaired) electrons. The van der Waals surface area contributed by atoms with E-state index < -0.39 is 0 Å². The largest absolute Gasteiger partial charge is 0.508 e. The van der Waals surface area contributed by atoms with Crippen LogP contribution < -0.4 is 5.32 Å². The molecule has 1 atom stereocenters. The van der Waals surface area contributed by atoms with Gasteiger partial charge in [0.2, 0.25) is 0 Å². The van der Waals surface area contributed by atoms with E-state index in [9.17, 15) is 5.11 Å². The Hall–Kier alpha value is -2.14. The van der Waals surface area contributed by atoms with Gasteiger partial charge in [0.25, 0.3) is 0 Å². The van der Waals surface area contributed by atoms with Crippen molar-refractivity contribution >= 4 is 17.7 Å². The zero-order valence-electron chi connectivity index (χ0n) is 16.0. The highest BCUT2D eigenvalue weighted by atomic mass is 32.2. The van der Waals surface area contributed by atoms with Gasteiger partial charge in [0.1, 0.15) is 5.75 Å². The standard InChI is InChI=1S/C22H29N3OS/c1-23-22(24-14-5-6-18-9-11-20(26)12-10-18)25-15-13-19(16-25)17-27-21-7-3-2-4-8-21/h2-4,7-12,19,26H,5-6,13-17H2,1H3,(H,23,24). The molecule has 1 fully saturated rings. The van der Waals surface area contributed by atoms with Crippen LogP contribution >= 0.6 is 11.8 Å². The number of hydrogen-bond donors (Lipinski definition) is 2. The lowest BCUT2D eigenvalue weighted by Gasteiger charge is -2.21. The molecule has 1 saturated heterocycles. The maximum Gasteiger partial charge on any atom is 0.193 e. The number of aryl methyl sites for hydroxylation is 1. The van der Waals surface area contributed by atoms with Crippen molar-refractivity contribution in [3.05, 3.63) is 60.2 Å². The number of phenols is 1. The molecule has 3 rings (SSSR count). The number of aromatic hydroxyl groups is 1. The summed E-state index contributed by atoms with van der Waals surface area (Å²) in [6.45, 7) is 3.07. The molecule has 144 valence electrons. The molecule has 0 bridgehead atoms. The summed E-state index contributed by atoms with van der Waals surface area (Å²) in [7, 11) is 1.87. The average Bonchev–Trinajstić information content (AvgIpc) is 3.17. The highest BCUT2D eigenvalue weighted by molar-refractivity contribution is 7.99. The third-order valence-electron chi connectivity index (χ3n) is 4.89. The number of benzene rings is 2. The van der Waals surface area contributed by atoms with Crippen molar-refractivity contribution < 1.29 is 5.11 Å². The number of nitrogens with one attached hydrogen (secondary N) is 1. The van der Waals surface area contributed by atoms with E-state index in [1.165, 1.54) is 22.6 Å². The van der Waals surface area contributed by atoms with E-state index in [0.717, 1.165) is 38.4 Å². The van der Waals surface area contributed by atoms with Gasteiger partial charge in [-0.25, -0.2) is 0 Å². The molecule has 1 aliphatic heterocycles. The van der Waals surface area contributed by atoms with Gasteiger partial charge in [0, 0.05) is 37.3 Å². The first kappa shape index (κ1) is 19.6. The van der Waals surface area contributed by atoms with Crippen molar-refractivity contribution in [2.75, 3.05) is 32.4 Å². The number of hydrogen-bond acceptors (Lipinski definition) is 3. The van der Waals surface area contributed by atoms with E-state index >= 15 is 0 Å². The van der Waals surface area contributed by atoms with Crippen LogP contribution in [0.4, 0.5) is 0 Å². The molecule has 2 aromatic carbocycles. The van der Waals surface area contributed by atoms with Gasteiger partial charge >= 0.3 is 0 Å². The predicted octanol–water partition coefficient (Wildman–Crippen LogP) is 4.01. The highest BCUT2D eigenvalue weighted by Crippen LogP contribution is 2.25. The van der Waals surface area contributed by atoms with Gasteiger partial charge < -0.3 is 15.3 Å². The number of guanidine groups is 1. The summed E-state index contributed by atoms with van der Waals surface area (Å²) in [4.78, 5) is 8.21. The minimum absolute atomic E-state index is 0.325. The summed E-state index contributed by atoms with van der Waals surface area (Å²) >= 11 is 1.95. The van der Waals surface area contributed by atoms with Crippen LogP contribution in [0.25, 0.3) is 0 Å². The van der Waals surface area contributed by atoms with Crippen molar-refractivity contribution in [3.8, 4) is 5.75 Å². The first-order valence-electron chi connectivity index (χ1n) is 9.66. The molecular weight excluding hydrogens is 354 g/mol. The van der Waals surface area contributed by atoms with Crippen LogP contribution in [0.1, 0.15) is 18.4 Å². The average molecular weight is 384 g/mol. The SMILES string of the molecule is CN=C(NCCCc1ccc(O)cc1)N1CCC(CSc2ccccc2)C1. The smallest absolute Gasteiger partial charge is 0.193 e. The van der Waals surface area contributed by atoms with Gasteiger partial charge in [-0.2, -0.15) is 0 Å². The van der Waals surface area contributed by atoms with Crippen LogP contribution in [0, 0.1) is 5.92 Å². The van der Waals surface area contributed by atoms with Gasteiger partial charge in [0.05, 0.1) is 0 Å². The molecular formula is C22H29N3OS. The van der Waals surface area contributed by atoms with Crippen LogP contribution in [-0.2, 0) is 6.42 Å². The fraction of sp³-hybridized carbons (Fsp3) is 0.409. The number of likely N-dealkylation sites (tertiary alicyclic amines) is 1. The summed E-state index contributed by atoms with van der Waals surface area (Å²) < 4.78 is 0. The second kappa shape index (κ2) is 10.3. The van der Waals surface area contributed by atoms with Crippen LogP contribution in [0.5, 0.6) is 5.75 Å². The van der Waals surface area contributed by atoms with E-state index in [1.807, 2.05) is 30.9 Å². The Labute approximate surface area is 166 Å². The zero-order valence-corrected chi connectivity index (χ0v) is 16.8. The van der Waals surface area contributed by atoms with Crippen molar-refractivity contribution in [3.63, 3.8) is 0 Å². The molecule has 0 amide bonds. The summed E-state index contributed by atoms with van der Waals surface area (Å²) in [6.07, 6.45) is 3.28. The third kappa shape index (κ3) is 6.21. The Morgan fingerprint density at radius 1 is 1.19 bits per heavy atom. The number of rotatable bonds is 7. The van der Waals surface area contributed by atoms with Crippen LogP contribution in [0.15, 0.2) is 64.5 Å². The molecule has 2 aromatic rings. The minimum atomic E-state index is 0.325. The molecule has 0 aromatic heterocycles. The van der Waals surface area contributed by atoms with E-state index in [0.29, 0.717) is 11.7 Å². The van der Waals surface area contributed by atoms with E-state index in [4.69, 9.17) is 0 Å². The molecule has 0 spiro atoms. The molecule has 1 unspecified atom stereocenters. The first-order valence-corrected chi connectivity index (χ1v) is 10.6. The van der Waals surface area contributed by atoms with E-state index in [2.05, 4.69) is 45.5 Å². The fourth-order valence-corrected chi connectivity index (χ4v) is 4.43. The van der Waals surface area contributed by atoms with Gasteiger partial charge in [-0.05, 0) is 55.0 Å². The van der Waals surface area contributed by atoms with Gasteiger partial charge in [-0.15, -0.1) is 11.8 Å². The van der Waals surface area contributed by atoms with Crippen LogP contribution in [0.3, 0.4) is 0 Å². The molecule has 1 aliphatic rings. The molecule has 5 heteroatoms. The molecule has 27 heavy (non-hydrogen) atoms. The zero-order chi connectivity index (χ0) is 18.9. The molecule has 1 heterocycles.